The third-order valence-corrected chi connectivity index (χ3v) is 6.54. The summed E-state index contributed by atoms with van der Waals surface area (Å²) >= 11 is 0. The second-order valence-corrected chi connectivity index (χ2v) is 9.00. The van der Waals surface area contributed by atoms with Gasteiger partial charge in [0.2, 0.25) is 5.95 Å². The molecule has 192 valence electrons. The lowest BCUT2D eigenvalue weighted by molar-refractivity contribution is 0.261. The van der Waals surface area contributed by atoms with E-state index in [4.69, 9.17) is 14.6 Å². The first-order chi connectivity index (χ1) is 17.5. The highest BCUT2D eigenvalue weighted by Crippen LogP contribution is 2.29. The number of nitrogens with zero attached hydrogens (tertiary/aromatic N) is 3. The summed E-state index contributed by atoms with van der Waals surface area (Å²) in [5.74, 6) is -0.101. The zero-order valence-corrected chi connectivity index (χ0v) is 20.6. The van der Waals surface area contributed by atoms with Crippen LogP contribution < -0.4 is 19.7 Å². The summed E-state index contributed by atoms with van der Waals surface area (Å²) in [6.07, 6.45) is 7.20. The van der Waals surface area contributed by atoms with Gasteiger partial charge in [0.05, 0.1) is 25.1 Å². The molecular weight excluding hydrogens is 466 g/mol. The van der Waals surface area contributed by atoms with Crippen LogP contribution in [0.15, 0.2) is 42.7 Å². The molecule has 36 heavy (non-hydrogen) atoms. The highest BCUT2D eigenvalue weighted by molar-refractivity contribution is 5.59. The molecule has 1 saturated heterocycles. The molecule has 0 saturated carbocycles. The van der Waals surface area contributed by atoms with E-state index in [1.54, 1.807) is 6.92 Å². The number of anilines is 3. The average molecular weight is 499 g/mol. The molecule has 0 atom stereocenters. The lowest BCUT2D eigenvalue weighted by Crippen LogP contribution is -2.33. The normalized spacial score (nSPS) is 14.1. The van der Waals surface area contributed by atoms with Crippen molar-refractivity contribution in [2.24, 2.45) is 5.92 Å². The predicted octanol–water partition coefficient (Wildman–Crippen LogP) is 5.38. The standard InChI is InChI=1S/C27H32F2N4O3/c1-18-14-24(35-2)26(29)23(25(18)28)17-36-22-15-30-27(31-16-22)32-20-5-7-21(8-6-20)33-11-9-19(10-12-33)4-3-13-34/h5-8,14-16,19,34H,3-4,9-13,17H2,1-2H3,(H,30,31,32). The van der Waals surface area contributed by atoms with Gasteiger partial charge in [-0.3, -0.25) is 0 Å². The Hall–Kier alpha value is -3.46. The van der Waals surface area contributed by atoms with Crippen LogP contribution in [0.1, 0.15) is 36.8 Å². The van der Waals surface area contributed by atoms with Gasteiger partial charge in [0, 0.05) is 31.1 Å². The van der Waals surface area contributed by atoms with Crippen molar-refractivity contribution in [3.8, 4) is 11.5 Å². The van der Waals surface area contributed by atoms with E-state index in [0.717, 1.165) is 44.5 Å². The molecule has 0 bridgehead atoms. The van der Waals surface area contributed by atoms with Gasteiger partial charge in [-0.2, -0.15) is 0 Å². The fourth-order valence-electron chi connectivity index (χ4n) is 4.44. The van der Waals surface area contributed by atoms with Crippen LogP contribution in [-0.4, -0.2) is 41.9 Å². The molecule has 7 nitrogen and oxygen atoms in total. The van der Waals surface area contributed by atoms with Crippen LogP contribution >= 0.6 is 0 Å². The highest BCUT2D eigenvalue weighted by atomic mass is 19.1. The number of benzene rings is 2. The first-order valence-corrected chi connectivity index (χ1v) is 12.2. The second kappa shape index (κ2) is 12.0. The van der Waals surface area contributed by atoms with Crippen molar-refractivity contribution in [1.82, 2.24) is 9.97 Å². The number of hydrogen-bond donors (Lipinski definition) is 2. The minimum Gasteiger partial charge on any atom is -0.494 e. The van der Waals surface area contributed by atoms with Crippen molar-refractivity contribution in [3.05, 3.63) is 65.5 Å². The Morgan fingerprint density at radius 2 is 1.78 bits per heavy atom. The van der Waals surface area contributed by atoms with Crippen molar-refractivity contribution in [2.45, 2.75) is 39.2 Å². The van der Waals surface area contributed by atoms with Gasteiger partial charge in [0.15, 0.2) is 17.3 Å². The summed E-state index contributed by atoms with van der Waals surface area (Å²) in [5.41, 5.74) is 2.10. The number of nitrogens with one attached hydrogen (secondary N) is 1. The number of aryl methyl sites for hydroxylation is 1. The van der Waals surface area contributed by atoms with E-state index >= 15 is 0 Å². The number of ether oxygens (including phenoxy) is 2. The number of piperidine rings is 1. The molecular formula is C27H32F2N4O3. The maximum atomic E-state index is 14.4. The van der Waals surface area contributed by atoms with E-state index in [0.29, 0.717) is 11.9 Å². The third kappa shape index (κ3) is 6.20. The fourth-order valence-corrected chi connectivity index (χ4v) is 4.44. The van der Waals surface area contributed by atoms with Gasteiger partial charge >= 0.3 is 0 Å². The fraction of sp³-hybridized carbons (Fsp3) is 0.407. The van der Waals surface area contributed by atoms with E-state index < -0.39 is 11.6 Å². The molecule has 2 N–H and O–H groups in total. The molecule has 0 spiro atoms. The van der Waals surface area contributed by atoms with Crippen LogP contribution in [0.2, 0.25) is 0 Å². The van der Waals surface area contributed by atoms with Crippen LogP contribution in [0.25, 0.3) is 0 Å². The smallest absolute Gasteiger partial charge is 0.227 e. The topological polar surface area (TPSA) is 79.7 Å². The van der Waals surface area contributed by atoms with Crippen LogP contribution in [-0.2, 0) is 6.61 Å². The maximum absolute atomic E-state index is 14.4. The van der Waals surface area contributed by atoms with Crippen molar-refractivity contribution in [2.75, 3.05) is 37.0 Å². The van der Waals surface area contributed by atoms with E-state index in [1.165, 1.54) is 31.3 Å². The number of methoxy groups -OCH3 is 1. The summed E-state index contributed by atoms with van der Waals surface area (Å²) in [6.45, 7) is 3.55. The molecule has 9 heteroatoms. The largest absolute Gasteiger partial charge is 0.494 e. The van der Waals surface area contributed by atoms with E-state index in [9.17, 15) is 8.78 Å². The SMILES string of the molecule is COc1cc(C)c(F)c(COc2cnc(Nc3ccc(N4CCC(CCCO)CC4)cc3)nc2)c1F. The van der Waals surface area contributed by atoms with Gasteiger partial charge in [-0.1, -0.05) is 0 Å². The van der Waals surface area contributed by atoms with Crippen LogP contribution in [0.4, 0.5) is 26.1 Å². The maximum Gasteiger partial charge on any atom is 0.227 e. The Bertz CT molecular complexity index is 1140. The lowest BCUT2D eigenvalue weighted by atomic mass is 9.92. The summed E-state index contributed by atoms with van der Waals surface area (Å²) in [4.78, 5) is 10.9. The molecule has 0 amide bonds. The molecule has 4 rings (SSSR count). The van der Waals surface area contributed by atoms with Crippen LogP contribution in [0, 0.1) is 24.5 Å². The Kier molecular flexibility index (Phi) is 8.53. The molecule has 0 unspecified atom stereocenters. The van der Waals surface area contributed by atoms with Gasteiger partial charge in [-0.05, 0) is 74.4 Å². The van der Waals surface area contributed by atoms with Crippen LogP contribution in [0.5, 0.6) is 11.5 Å². The van der Waals surface area contributed by atoms with Crippen molar-refractivity contribution < 1.29 is 23.4 Å². The molecule has 2 aromatic carbocycles. The third-order valence-electron chi connectivity index (χ3n) is 6.54. The Labute approximate surface area is 210 Å². The van der Waals surface area contributed by atoms with Crippen molar-refractivity contribution in [1.29, 1.82) is 0 Å². The quantitative estimate of drug-likeness (QED) is 0.388. The lowest BCUT2D eigenvalue weighted by Gasteiger charge is -2.33. The Balaban J connectivity index is 1.31. The number of hydrogen-bond acceptors (Lipinski definition) is 7. The van der Waals surface area contributed by atoms with Gasteiger partial charge in [0.25, 0.3) is 0 Å². The average Bonchev–Trinajstić information content (AvgIpc) is 2.91. The van der Waals surface area contributed by atoms with Gasteiger partial charge < -0.3 is 24.8 Å². The first kappa shape index (κ1) is 25.6. The van der Waals surface area contributed by atoms with Crippen molar-refractivity contribution >= 4 is 17.3 Å². The molecule has 0 radical (unpaired) electrons. The number of aliphatic hydroxyl groups excluding tert-OH is 1. The number of halogens is 2. The molecule has 1 aliphatic rings. The zero-order valence-electron chi connectivity index (χ0n) is 20.6. The monoisotopic (exact) mass is 498 g/mol. The van der Waals surface area contributed by atoms with Crippen LogP contribution in [0.3, 0.4) is 0 Å². The molecule has 3 aromatic rings. The molecule has 1 aliphatic heterocycles. The molecule has 1 fully saturated rings. The highest BCUT2D eigenvalue weighted by Gasteiger charge is 2.20. The number of aromatic nitrogens is 2. The van der Waals surface area contributed by atoms with Gasteiger partial charge in [-0.25, -0.2) is 18.7 Å². The second-order valence-electron chi connectivity index (χ2n) is 9.00. The summed E-state index contributed by atoms with van der Waals surface area (Å²) in [7, 11) is 1.33. The first-order valence-electron chi connectivity index (χ1n) is 12.2. The molecule has 2 heterocycles. The molecule has 1 aromatic heterocycles. The summed E-state index contributed by atoms with van der Waals surface area (Å²) in [6, 6.07) is 9.43. The predicted molar refractivity (Wildman–Crippen MR) is 135 cm³/mol. The number of rotatable bonds is 10. The minimum atomic E-state index is -0.783. The minimum absolute atomic E-state index is 0.0307. The summed E-state index contributed by atoms with van der Waals surface area (Å²) in [5, 5.41) is 12.2. The van der Waals surface area contributed by atoms with Crippen molar-refractivity contribution in [3.63, 3.8) is 0 Å². The molecule has 0 aliphatic carbocycles. The Morgan fingerprint density at radius 3 is 2.42 bits per heavy atom. The van der Waals surface area contributed by atoms with E-state index in [2.05, 4.69) is 32.3 Å². The van der Waals surface area contributed by atoms with Gasteiger partial charge in [-0.15, -0.1) is 0 Å². The number of aliphatic hydroxyl groups is 1. The summed E-state index contributed by atoms with van der Waals surface area (Å²) < 4.78 is 39.3. The van der Waals surface area contributed by atoms with E-state index in [1.807, 2.05) is 12.1 Å². The Morgan fingerprint density at radius 1 is 1.08 bits per heavy atom. The zero-order chi connectivity index (χ0) is 25.5. The van der Waals surface area contributed by atoms with Gasteiger partial charge in [0.1, 0.15) is 12.4 Å². The van der Waals surface area contributed by atoms with E-state index in [-0.39, 0.29) is 35.8 Å².